The summed E-state index contributed by atoms with van der Waals surface area (Å²) in [6, 6.07) is 24.7. The molecule has 0 aliphatic carbocycles. The fourth-order valence-electron chi connectivity index (χ4n) is 3.32. The van der Waals surface area contributed by atoms with Crippen LogP contribution in [-0.2, 0) is 11.3 Å². The first-order chi connectivity index (χ1) is 15.3. The van der Waals surface area contributed by atoms with Crippen LogP contribution in [0.25, 0.3) is 17.2 Å². The lowest BCUT2D eigenvalue weighted by Crippen LogP contribution is -1.99. The Kier molecular flexibility index (Phi) is 9.21. The monoisotopic (exact) mass is 416 g/mol. The Hall–Kier alpha value is -3.04. The van der Waals surface area contributed by atoms with Crippen LogP contribution in [0.1, 0.15) is 36.8 Å². The molecule has 0 unspecified atom stereocenters. The fourth-order valence-corrected chi connectivity index (χ4v) is 3.32. The van der Waals surface area contributed by atoms with Gasteiger partial charge in [-0.3, -0.25) is 0 Å². The van der Waals surface area contributed by atoms with Crippen molar-refractivity contribution in [3.05, 3.63) is 90.5 Å². The predicted molar refractivity (Wildman–Crippen MR) is 129 cm³/mol. The maximum absolute atomic E-state index is 5.88. The molecule has 0 saturated carbocycles. The van der Waals surface area contributed by atoms with E-state index < -0.39 is 0 Å². The molecule has 0 aromatic heterocycles. The second-order valence-corrected chi connectivity index (χ2v) is 7.51. The minimum Gasteiger partial charge on any atom is -0.497 e. The van der Waals surface area contributed by atoms with Crippen LogP contribution in [0, 0.1) is 0 Å². The highest BCUT2D eigenvalue weighted by atomic mass is 16.5. The van der Waals surface area contributed by atoms with E-state index in [1.54, 1.807) is 7.11 Å². The van der Waals surface area contributed by atoms with E-state index in [4.69, 9.17) is 14.2 Å². The summed E-state index contributed by atoms with van der Waals surface area (Å²) in [5.74, 6) is 1.79. The molecule has 0 saturated heterocycles. The number of ether oxygens (including phenoxy) is 3. The minimum absolute atomic E-state index is 0.674. The zero-order valence-electron chi connectivity index (χ0n) is 18.4. The van der Waals surface area contributed by atoms with Crippen LogP contribution in [0.15, 0.2) is 79.4 Å². The van der Waals surface area contributed by atoms with Crippen molar-refractivity contribution in [2.45, 2.75) is 32.3 Å². The maximum atomic E-state index is 5.88. The lowest BCUT2D eigenvalue weighted by atomic mass is 10.1. The summed E-state index contributed by atoms with van der Waals surface area (Å²) in [6.07, 6.45) is 6.31. The summed E-state index contributed by atoms with van der Waals surface area (Å²) < 4.78 is 16.9. The van der Waals surface area contributed by atoms with Crippen LogP contribution in [0.2, 0.25) is 0 Å². The molecule has 31 heavy (non-hydrogen) atoms. The van der Waals surface area contributed by atoms with Crippen molar-refractivity contribution in [2.24, 2.45) is 0 Å². The van der Waals surface area contributed by atoms with Crippen molar-refractivity contribution >= 4 is 6.08 Å². The number of hydrogen-bond acceptors (Lipinski definition) is 3. The number of unbranched alkanes of at least 4 members (excludes halogenated alkanes) is 3. The minimum atomic E-state index is 0.674. The summed E-state index contributed by atoms with van der Waals surface area (Å²) in [4.78, 5) is 0. The first-order valence-corrected chi connectivity index (χ1v) is 10.9. The Labute approximate surface area is 186 Å². The second kappa shape index (κ2) is 12.6. The van der Waals surface area contributed by atoms with Crippen LogP contribution >= 0.6 is 0 Å². The van der Waals surface area contributed by atoms with Gasteiger partial charge >= 0.3 is 0 Å². The first kappa shape index (κ1) is 22.6. The average Bonchev–Trinajstić information content (AvgIpc) is 2.84. The van der Waals surface area contributed by atoms with E-state index in [1.165, 1.54) is 16.7 Å². The molecule has 3 aromatic carbocycles. The molecular formula is C28H32O3. The van der Waals surface area contributed by atoms with Gasteiger partial charge in [-0.15, -0.1) is 0 Å². The Morgan fingerprint density at radius 2 is 1.26 bits per heavy atom. The molecule has 0 radical (unpaired) electrons. The summed E-state index contributed by atoms with van der Waals surface area (Å²) in [7, 11) is 1.68. The van der Waals surface area contributed by atoms with Gasteiger partial charge in [0.25, 0.3) is 0 Å². The smallest absolute Gasteiger partial charge is 0.119 e. The lowest BCUT2D eigenvalue weighted by molar-refractivity contribution is 0.116. The fraction of sp³-hybridized carbons (Fsp3) is 0.286. The van der Waals surface area contributed by atoms with Gasteiger partial charge in [0.15, 0.2) is 0 Å². The van der Waals surface area contributed by atoms with E-state index >= 15 is 0 Å². The molecule has 0 amide bonds. The van der Waals surface area contributed by atoms with E-state index in [0.717, 1.165) is 56.0 Å². The van der Waals surface area contributed by atoms with Crippen LogP contribution in [0.4, 0.5) is 0 Å². The number of methoxy groups -OCH3 is 1. The molecule has 162 valence electrons. The average molecular weight is 417 g/mol. The Bertz CT molecular complexity index is 896. The van der Waals surface area contributed by atoms with Crippen molar-refractivity contribution in [2.75, 3.05) is 20.3 Å². The molecule has 3 nitrogen and oxygen atoms in total. The van der Waals surface area contributed by atoms with E-state index in [9.17, 15) is 0 Å². The largest absolute Gasteiger partial charge is 0.497 e. The van der Waals surface area contributed by atoms with Crippen molar-refractivity contribution in [1.82, 2.24) is 0 Å². The second-order valence-electron chi connectivity index (χ2n) is 7.51. The number of rotatable bonds is 13. The van der Waals surface area contributed by atoms with Crippen LogP contribution in [0.5, 0.6) is 11.5 Å². The molecule has 0 atom stereocenters. The third-order valence-electron chi connectivity index (χ3n) is 5.21. The van der Waals surface area contributed by atoms with Gasteiger partial charge in [-0.2, -0.15) is 0 Å². The molecule has 3 aromatic rings. The van der Waals surface area contributed by atoms with E-state index in [-0.39, 0.29) is 0 Å². The van der Waals surface area contributed by atoms with Gasteiger partial charge in [0.05, 0.1) is 20.3 Å². The highest BCUT2D eigenvalue weighted by Crippen LogP contribution is 2.24. The molecule has 3 rings (SSSR count). The molecule has 0 N–H and O–H groups in total. The summed E-state index contributed by atoms with van der Waals surface area (Å²) in [5, 5.41) is 0. The molecule has 0 aliphatic rings. The summed E-state index contributed by atoms with van der Waals surface area (Å²) >= 11 is 0. The van der Waals surface area contributed by atoms with Crippen LogP contribution in [0.3, 0.4) is 0 Å². The zero-order chi connectivity index (χ0) is 21.7. The zero-order valence-corrected chi connectivity index (χ0v) is 18.4. The van der Waals surface area contributed by atoms with Gasteiger partial charge in [-0.25, -0.2) is 0 Å². The Balaban J connectivity index is 1.24. The van der Waals surface area contributed by atoms with Crippen LogP contribution < -0.4 is 9.47 Å². The molecule has 0 aliphatic heterocycles. The molecule has 0 fully saturated rings. The van der Waals surface area contributed by atoms with Gasteiger partial charge < -0.3 is 14.2 Å². The van der Waals surface area contributed by atoms with E-state index in [1.807, 2.05) is 30.3 Å². The van der Waals surface area contributed by atoms with Crippen molar-refractivity contribution in [3.63, 3.8) is 0 Å². The molecule has 0 heterocycles. The highest BCUT2D eigenvalue weighted by molar-refractivity contribution is 5.64. The topological polar surface area (TPSA) is 27.7 Å². The number of hydrogen-bond donors (Lipinski definition) is 0. The van der Waals surface area contributed by atoms with E-state index in [2.05, 4.69) is 55.1 Å². The lowest BCUT2D eigenvalue weighted by Gasteiger charge is -2.08. The van der Waals surface area contributed by atoms with Gasteiger partial charge in [0.1, 0.15) is 11.5 Å². The quantitative estimate of drug-likeness (QED) is 0.277. The summed E-state index contributed by atoms with van der Waals surface area (Å²) in [5.41, 5.74) is 4.69. The maximum Gasteiger partial charge on any atom is 0.119 e. The molecule has 3 heteroatoms. The van der Waals surface area contributed by atoms with E-state index in [0.29, 0.717) is 6.61 Å². The SMILES string of the molecule is C=Cc1ccc(COCCCCCCOc2ccc(-c3ccc(OC)cc3)cc2)cc1. The molecule has 0 spiro atoms. The van der Waals surface area contributed by atoms with Gasteiger partial charge in [0, 0.05) is 6.61 Å². The van der Waals surface area contributed by atoms with Gasteiger partial charge in [0.2, 0.25) is 0 Å². The summed E-state index contributed by atoms with van der Waals surface area (Å²) in [6.45, 7) is 6.00. The van der Waals surface area contributed by atoms with Crippen molar-refractivity contribution in [1.29, 1.82) is 0 Å². The normalized spacial score (nSPS) is 10.6. The van der Waals surface area contributed by atoms with Crippen molar-refractivity contribution in [3.8, 4) is 22.6 Å². The van der Waals surface area contributed by atoms with Crippen molar-refractivity contribution < 1.29 is 14.2 Å². The predicted octanol–water partition coefficient (Wildman–Crippen LogP) is 7.16. The Morgan fingerprint density at radius 3 is 1.84 bits per heavy atom. The Morgan fingerprint density at radius 1 is 0.677 bits per heavy atom. The third kappa shape index (κ3) is 7.62. The first-order valence-electron chi connectivity index (χ1n) is 10.9. The van der Waals surface area contributed by atoms with Gasteiger partial charge in [-0.1, -0.05) is 67.6 Å². The van der Waals surface area contributed by atoms with Crippen LogP contribution in [-0.4, -0.2) is 20.3 Å². The molecular weight excluding hydrogens is 384 g/mol. The molecule has 0 bridgehead atoms. The number of benzene rings is 3. The third-order valence-corrected chi connectivity index (χ3v) is 5.21. The highest BCUT2D eigenvalue weighted by Gasteiger charge is 2.00. The van der Waals surface area contributed by atoms with Gasteiger partial charge in [-0.05, 0) is 65.8 Å². The standard InChI is InChI=1S/C28H32O3/c1-3-23-8-10-24(11-9-23)22-30-20-6-4-5-7-21-31-28-18-14-26(15-19-28)25-12-16-27(29-2)17-13-25/h3,8-19H,1,4-7,20-22H2,2H3.